The molecule has 94 valence electrons. The van der Waals surface area contributed by atoms with Gasteiger partial charge in [0.15, 0.2) is 0 Å². The first kappa shape index (κ1) is 13.1. The van der Waals surface area contributed by atoms with Gasteiger partial charge >= 0.3 is 0 Å². The van der Waals surface area contributed by atoms with Gasteiger partial charge in [-0.15, -0.1) is 0 Å². The fraction of sp³-hybridized carbons (Fsp3) is 0. The third-order valence-electron chi connectivity index (χ3n) is 1.99. The SMILES string of the molecule is O=S(=O)(Nc1ccc(Cl)nc1)c1cccnc1Cl. The number of anilines is 1. The number of sulfonamides is 1. The summed E-state index contributed by atoms with van der Waals surface area (Å²) >= 11 is 11.3. The molecule has 1 N–H and O–H groups in total. The van der Waals surface area contributed by atoms with E-state index in [0.717, 1.165) is 0 Å². The Hall–Kier alpha value is -1.37. The highest BCUT2D eigenvalue weighted by Gasteiger charge is 2.18. The lowest BCUT2D eigenvalue weighted by molar-refractivity contribution is 0.601. The molecule has 0 atom stereocenters. The van der Waals surface area contributed by atoms with Crippen LogP contribution in [0.4, 0.5) is 5.69 Å². The quantitative estimate of drug-likeness (QED) is 0.885. The van der Waals surface area contributed by atoms with Crippen LogP contribution in [0, 0.1) is 0 Å². The summed E-state index contributed by atoms with van der Waals surface area (Å²) in [7, 11) is -3.78. The van der Waals surface area contributed by atoms with Crippen molar-refractivity contribution < 1.29 is 8.42 Å². The predicted octanol–water partition coefficient (Wildman–Crippen LogP) is 2.58. The molecule has 2 aromatic rings. The van der Waals surface area contributed by atoms with Crippen LogP contribution in [0.2, 0.25) is 10.3 Å². The summed E-state index contributed by atoms with van der Waals surface area (Å²) in [5, 5.41) is 0.185. The van der Waals surface area contributed by atoms with Gasteiger partial charge in [-0.1, -0.05) is 23.2 Å². The number of aromatic nitrogens is 2. The topological polar surface area (TPSA) is 72.0 Å². The molecule has 5 nitrogen and oxygen atoms in total. The second-order valence-corrected chi connectivity index (χ2v) is 5.66. The largest absolute Gasteiger partial charge is 0.278 e. The Labute approximate surface area is 114 Å². The zero-order chi connectivity index (χ0) is 13.2. The second kappa shape index (κ2) is 5.09. The van der Waals surface area contributed by atoms with Crippen molar-refractivity contribution in [1.29, 1.82) is 0 Å². The lowest BCUT2D eigenvalue weighted by atomic mass is 10.4. The summed E-state index contributed by atoms with van der Waals surface area (Å²) < 4.78 is 26.4. The summed E-state index contributed by atoms with van der Waals surface area (Å²) in [5.41, 5.74) is 0.291. The van der Waals surface area contributed by atoms with Crippen LogP contribution >= 0.6 is 23.2 Å². The highest BCUT2D eigenvalue weighted by molar-refractivity contribution is 7.92. The van der Waals surface area contributed by atoms with Gasteiger partial charge in [-0.2, -0.15) is 0 Å². The van der Waals surface area contributed by atoms with Crippen LogP contribution in [-0.4, -0.2) is 18.4 Å². The van der Waals surface area contributed by atoms with E-state index >= 15 is 0 Å². The fourth-order valence-corrected chi connectivity index (χ4v) is 2.83. The minimum Gasteiger partial charge on any atom is -0.278 e. The summed E-state index contributed by atoms with van der Waals surface area (Å²) in [5.74, 6) is 0. The maximum absolute atomic E-state index is 12.0. The molecule has 2 aromatic heterocycles. The average molecular weight is 304 g/mol. The van der Waals surface area contributed by atoms with E-state index in [0.29, 0.717) is 5.69 Å². The number of rotatable bonds is 3. The first-order valence-electron chi connectivity index (χ1n) is 4.74. The van der Waals surface area contributed by atoms with Crippen LogP contribution in [0.15, 0.2) is 41.6 Å². The Morgan fingerprint density at radius 2 is 1.89 bits per heavy atom. The van der Waals surface area contributed by atoms with E-state index in [9.17, 15) is 8.42 Å². The monoisotopic (exact) mass is 303 g/mol. The van der Waals surface area contributed by atoms with E-state index < -0.39 is 10.0 Å². The van der Waals surface area contributed by atoms with Crippen LogP contribution in [0.3, 0.4) is 0 Å². The van der Waals surface area contributed by atoms with E-state index in [1.165, 1.54) is 36.7 Å². The average Bonchev–Trinajstić information content (AvgIpc) is 2.32. The molecular weight excluding hydrogens is 297 g/mol. The molecule has 0 fully saturated rings. The highest BCUT2D eigenvalue weighted by atomic mass is 35.5. The van der Waals surface area contributed by atoms with Crippen molar-refractivity contribution in [2.45, 2.75) is 4.90 Å². The van der Waals surface area contributed by atoms with E-state index in [1.54, 1.807) is 0 Å². The minimum atomic E-state index is -3.78. The Balaban J connectivity index is 2.33. The van der Waals surface area contributed by atoms with Gasteiger partial charge in [0.25, 0.3) is 10.0 Å². The molecule has 18 heavy (non-hydrogen) atoms. The van der Waals surface area contributed by atoms with Crippen LogP contribution in [0.25, 0.3) is 0 Å². The Kier molecular flexibility index (Phi) is 3.70. The molecular formula is C10H7Cl2N3O2S. The van der Waals surface area contributed by atoms with Gasteiger partial charge in [0.05, 0.1) is 11.9 Å². The molecule has 2 rings (SSSR count). The molecule has 0 saturated heterocycles. The number of nitrogens with zero attached hydrogens (tertiary/aromatic N) is 2. The molecule has 0 spiro atoms. The molecule has 2 heterocycles. The van der Waals surface area contributed by atoms with Gasteiger partial charge < -0.3 is 0 Å². The van der Waals surface area contributed by atoms with Crippen molar-refractivity contribution in [1.82, 2.24) is 9.97 Å². The summed E-state index contributed by atoms with van der Waals surface area (Å²) in [6.07, 6.45) is 2.72. The van der Waals surface area contributed by atoms with Crippen molar-refractivity contribution in [2.75, 3.05) is 4.72 Å². The van der Waals surface area contributed by atoms with Gasteiger partial charge in [-0.3, -0.25) is 4.72 Å². The summed E-state index contributed by atoms with van der Waals surface area (Å²) in [6, 6.07) is 5.82. The van der Waals surface area contributed by atoms with E-state index in [1.807, 2.05) is 0 Å². The van der Waals surface area contributed by atoms with Crippen molar-refractivity contribution in [2.24, 2.45) is 0 Å². The minimum absolute atomic E-state index is 0.0908. The first-order chi connectivity index (χ1) is 8.49. The number of nitrogens with one attached hydrogen (secondary N) is 1. The molecule has 0 unspecified atom stereocenters. The van der Waals surface area contributed by atoms with Gasteiger partial charge in [0, 0.05) is 6.20 Å². The molecule has 0 saturated carbocycles. The van der Waals surface area contributed by atoms with Gasteiger partial charge in [-0.05, 0) is 24.3 Å². The summed E-state index contributed by atoms with van der Waals surface area (Å²) in [6.45, 7) is 0. The highest BCUT2D eigenvalue weighted by Crippen LogP contribution is 2.21. The number of hydrogen-bond donors (Lipinski definition) is 1. The fourth-order valence-electron chi connectivity index (χ4n) is 1.22. The number of halogens is 2. The van der Waals surface area contributed by atoms with Crippen molar-refractivity contribution in [3.05, 3.63) is 47.0 Å². The Morgan fingerprint density at radius 3 is 2.50 bits per heavy atom. The lowest BCUT2D eigenvalue weighted by Crippen LogP contribution is -2.13. The van der Waals surface area contributed by atoms with E-state index in [-0.39, 0.29) is 15.2 Å². The molecule has 0 aliphatic rings. The Bertz CT molecular complexity index is 659. The second-order valence-electron chi connectivity index (χ2n) is 3.27. The predicted molar refractivity (Wildman–Crippen MR) is 69.3 cm³/mol. The molecule has 0 bridgehead atoms. The number of hydrogen-bond acceptors (Lipinski definition) is 4. The van der Waals surface area contributed by atoms with Gasteiger partial charge in [0.1, 0.15) is 15.2 Å². The third-order valence-corrected chi connectivity index (χ3v) is 4.04. The maximum Gasteiger partial charge on any atom is 0.265 e. The number of pyridine rings is 2. The van der Waals surface area contributed by atoms with Crippen molar-refractivity contribution >= 4 is 38.9 Å². The van der Waals surface area contributed by atoms with Crippen LogP contribution < -0.4 is 4.72 Å². The van der Waals surface area contributed by atoms with Gasteiger partial charge in [0.2, 0.25) is 0 Å². The maximum atomic E-state index is 12.0. The molecule has 8 heteroatoms. The third kappa shape index (κ3) is 2.90. The molecule has 0 aliphatic heterocycles. The molecule has 0 aliphatic carbocycles. The first-order valence-corrected chi connectivity index (χ1v) is 6.98. The standard InChI is InChI=1S/C10H7Cl2N3O2S/c11-9-4-3-7(6-14-9)15-18(16,17)8-2-1-5-13-10(8)12/h1-6,15H. The zero-order valence-electron chi connectivity index (χ0n) is 8.84. The zero-order valence-corrected chi connectivity index (χ0v) is 11.2. The lowest BCUT2D eigenvalue weighted by Gasteiger charge is -2.08. The van der Waals surface area contributed by atoms with E-state index in [4.69, 9.17) is 23.2 Å². The van der Waals surface area contributed by atoms with Crippen molar-refractivity contribution in [3.8, 4) is 0 Å². The molecule has 0 amide bonds. The van der Waals surface area contributed by atoms with Gasteiger partial charge in [-0.25, -0.2) is 18.4 Å². The van der Waals surface area contributed by atoms with Crippen LogP contribution in [-0.2, 0) is 10.0 Å². The van der Waals surface area contributed by atoms with E-state index in [2.05, 4.69) is 14.7 Å². The Morgan fingerprint density at radius 1 is 1.11 bits per heavy atom. The summed E-state index contributed by atoms with van der Waals surface area (Å²) in [4.78, 5) is 7.38. The molecule has 0 radical (unpaired) electrons. The molecule has 0 aromatic carbocycles. The normalized spacial score (nSPS) is 11.2. The smallest absolute Gasteiger partial charge is 0.265 e. The van der Waals surface area contributed by atoms with Crippen LogP contribution in [0.5, 0.6) is 0 Å². The van der Waals surface area contributed by atoms with Crippen molar-refractivity contribution in [3.63, 3.8) is 0 Å². The van der Waals surface area contributed by atoms with Crippen LogP contribution in [0.1, 0.15) is 0 Å².